The quantitative estimate of drug-likeness (QED) is 0.531. The standard InChI is InChI=1S/C26H26N2O/c1-5-6-8-13-19(2)23-18-24(21-14-9-7-10-15-21)28-26(27-23)22-16-11-12-17-25(29-4)20(22)3/h5-11,13-18H,1,12H2,2-4H3/b8-6-,19-13+. The summed E-state index contributed by atoms with van der Waals surface area (Å²) in [6.45, 7) is 7.82. The highest BCUT2D eigenvalue weighted by Gasteiger charge is 2.15. The Morgan fingerprint density at radius 2 is 1.93 bits per heavy atom. The molecule has 1 heterocycles. The number of hydrogen-bond acceptors (Lipinski definition) is 3. The fourth-order valence-corrected chi connectivity index (χ4v) is 3.14. The van der Waals surface area contributed by atoms with Crippen molar-refractivity contribution in [2.24, 2.45) is 0 Å². The van der Waals surface area contributed by atoms with Crippen LogP contribution in [-0.2, 0) is 4.74 Å². The Labute approximate surface area is 173 Å². The van der Waals surface area contributed by atoms with Gasteiger partial charge < -0.3 is 4.74 Å². The average molecular weight is 383 g/mol. The van der Waals surface area contributed by atoms with Crippen LogP contribution >= 0.6 is 0 Å². The molecule has 0 fully saturated rings. The van der Waals surface area contributed by atoms with E-state index in [0.29, 0.717) is 5.82 Å². The highest BCUT2D eigenvalue weighted by molar-refractivity contribution is 5.78. The van der Waals surface area contributed by atoms with Crippen molar-refractivity contribution in [3.63, 3.8) is 0 Å². The zero-order chi connectivity index (χ0) is 20.6. The maximum atomic E-state index is 5.57. The summed E-state index contributed by atoms with van der Waals surface area (Å²) < 4.78 is 5.57. The van der Waals surface area contributed by atoms with Crippen molar-refractivity contribution in [1.82, 2.24) is 9.97 Å². The van der Waals surface area contributed by atoms with Crippen LogP contribution in [0.3, 0.4) is 0 Å². The van der Waals surface area contributed by atoms with Gasteiger partial charge >= 0.3 is 0 Å². The van der Waals surface area contributed by atoms with Crippen molar-refractivity contribution in [2.75, 3.05) is 7.11 Å². The van der Waals surface area contributed by atoms with Gasteiger partial charge in [0.05, 0.1) is 18.5 Å². The molecule has 2 aromatic rings. The van der Waals surface area contributed by atoms with E-state index in [1.165, 1.54) is 0 Å². The van der Waals surface area contributed by atoms with E-state index in [4.69, 9.17) is 14.7 Å². The lowest BCUT2D eigenvalue weighted by Crippen LogP contribution is -2.02. The van der Waals surface area contributed by atoms with Crippen molar-refractivity contribution >= 4 is 11.1 Å². The van der Waals surface area contributed by atoms with Gasteiger partial charge in [-0.1, -0.05) is 73.4 Å². The first-order valence-electron chi connectivity index (χ1n) is 9.67. The van der Waals surface area contributed by atoms with Gasteiger partial charge in [0, 0.05) is 16.7 Å². The molecule has 0 spiro atoms. The maximum absolute atomic E-state index is 5.57. The summed E-state index contributed by atoms with van der Waals surface area (Å²) in [4.78, 5) is 9.79. The van der Waals surface area contributed by atoms with Gasteiger partial charge in [-0.05, 0) is 38.0 Å². The Hall–Kier alpha value is -3.46. The van der Waals surface area contributed by atoms with Crippen LogP contribution in [0.15, 0.2) is 96.8 Å². The Kier molecular flexibility index (Phi) is 6.75. The largest absolute Gasteiger partial charge is 0.497 e. The summed E-state index contributed by atoms with van der Waals surface area (Å²) >= 11 is 0. The van der Waals surface area contributed by atoms with E-state index < -0.39 is 0 Å². The molecule has 29 heavy (non-hydrogen) atoms. The molecule has 0 saturated heterocycles. The minimum absolute atomic E-state index is 0.695. The fourth-order valence-electron chi connectivity index (χ4n) is 3.14. The first-order valence-corrected chi connectivity index (χ1v) is 9.67. The number of nitrogens with zero attached hydrogens (tertiary/aromatic N) is 2. The lowest BCUT2D eigenvalue weighted by atomic mass is 10.0. The van der Waals surface area contributed by atoms with Crippen molar-refractivity contribution in [3.05, 3.63) is 108 Å². The lowest BCUT2D eigenvalue weighted by molar-refractivity contribution is 0.300. The van der Waals surface area contributed by atoms with Gasteiger partial charge in [-0.3, -0.25) is 0 Å². The second-order valence-corrected chi connectivity index (χ2v) is 6.75. The van der Waals surface area contributed by atoms with Crippen molar-refractivity contribution < 1.29 is 4.74 Å². The molecule has 0 amide bonds. The highest BCUT2D eigenvalue weighted by Crippen LogP contribution is 2.29. The Morgan fingerprint density at radius 3 is 2.66 bits per heavy atom. The summed E-state index contributed by atoms with van der Waals surface area (Å²) in [5.41, 5.74) is 5.91. The summed E-state index contributed by atoms with van der Waals surface area (Å²) in [5.74, 6) is 1.56. The van der Waals surface area contributed by atoms with E-state index in [1.54, 1.807) is 13.2 Å². The Bertz CT molecular complexity index is 1040. The first kappa shape index (κ1) is 20.3. The fraction of sp³-hybridized carbons (Fsp3) is 0.154. The molecule has 146 valence electrons. The molecule has 1 aliphatic rings. The first-order chi connectivity index (χ1) is 14.1. The highest BCUT2D eigenvalue weighted by atomic mass is 16.5. The lowest BCUT2D eigenvalue weighted by Gasteiger charge is -2.13. The molecule has 3 heteroatoms. The Morgan fingerprint density at radius 1 is 1.14 bits per heavy atom. The van der Waals surface area contributed by atoms with Crippen LogP contribution in [0.2, 0.25) is 0 Å². The van der Waals surface area contributed by atoms with Crippen LogP contribution in [0.4, 0.5) is 0 Å². The number of ether oxygens (including phenoxy) is 1. The molecular weight excluding hydrogens is 356 g/mol. The van der Waals surface area contributed by atoms with Crippen LogP contribution in [0.5, 0.6) is 0 Å². The van der Waals surface area contributed by atoms with Gasteiger partial charge in [0.25, 0.3) is 0 Å². The summed E-state index contributed by atoms with van der Waals surface area (Å²) in [6.07, 6.45) is 14.8. The number of aromatic nitrogens is 2. The number of hydrogen-bond donors (Lipinski definition) is 0. The van der Waals surface area contributed by atoms with E-state index in [1.807, 2.05) is 49.4 Å². The van der Waals surface area contributed by atoms with Crippen molar-refractivity contribution in [1.29, 1.82) is 0 Å². The smallest absolute Gasteiger partial charge is 0.160 e. The third kappa shape index (κ3) is 4.88. The van der Waals surface area contributed by atoms with Crippen LogP contribution in [0, 0.1) is 0 Å². The zero-order valence-electron chi connectivity index (χ0n) is 17.2. The van der Waals surface area contributed by atoms with E-state index in [-0.39, 0.29) is 0 Å². The minimum Gasteiger partial charge on any atom is -0.497 e. The number of methoxy groups -OCH3 is 1. The molecule has 0 saturated carbocycles. The molecule has 0 radical (unpaired) electrons. The van der Waals surface area contributed by atoms with Gasteiger partial charge in [-0.25, -0.2) is 9.97 Å². The Balaban J connectivity index is 2.20. The molecule has 3 nitrogen and oxygen atoms in total. The van der Waals surface area contributed by atoms with Crippen LogP contribution in [0.1, 0.15) is 31.8 Å². The normalized spacial score (nSPS) is 14.7. The molecule has 0 aliphatic heterocycles. The maximum Gasteiger partial charge on any atom is 0.160 e. The zero-order valence-corrected chi connectivity index (χ0v) is 17.2. The minimum atomic E-state index is 0.695. The van der Waals surface area contributed by atoms with E-state index in [2.05, 4.69) is 43.9 Å². The number of allylic oxidation sites excluding steroid dienone is 10. The van der Waals surface area contributed by atoms with Crippen molar-refractivity contribution in [3.8, 4) is 11.3 Å². The van der Waals surface area contributed by atoms with E-state index in [9.17, 15) is 0 Å². The van der Waals surface area contributed by atoms with Crippen LogP contribution in [-0.4, -0.2) is 17.1 Å². The van der Waals surface area contributed by atoms with Gasteiger partial charge in [0.1, 0.15) is 5.76 Å². The average Bonchev–Trinajstić information content (AvgIpc) is 2.95. The molecule has 0 unspecified atom stereocenters. The summed E-state index contributed by atoms with van der Waals surface area (Å²) in [7, 11) is 1.70. The molecule has 1 aromatic heterocycles. The second-order valence-electron chi connectivity index (χ2n) is 6.75. The number of rotatable bonds is 6. The molecule has 1 aliphatic carbocycles. The van der Waals surface area contributed by atoms with E-state index in [0.717, 1.165) is 45.9 Å². The van der Waals surface area contributed by atoms with Gasteiger partial charge in [0.2, 0.25) is 0 Å². The molecule has 1 aromatic carbocycles. The second kappa shape index (κ2) is 9.65. The van der Waals surface area contributed by atoms with Gasteiger partial charge in [-0.15, -0.1) is 0 Å². The predicted molar refractivity (Wildman–Crippen MR) is 122 cm³/mol. The molecule has 0 N–H and O–H groups in total. The molecule has 0 bridgehead atoms. The SMILES string of the molecule is C=C/C=C\C=C(/C)c1cc(-c2ccccc2)nc(C2=C(C)C(OC)=CCC=C2)n1. The molecular formula is C26H26N2O. The van der Waals surface area contributed by atoms with E-state index >= 15 is 0 Å². The summed E-state index contributed by atoms with van der Waals surface area (Å²) in [6, 6.07) is 12.2. The third-order valence-electron chi connectivity index (χ3n) is 4.75. The topological polar surface area (TPSA) is 35.0 Å². The third-order valence-corrected chi connectivity index (χ3v) is 4.75. The molecule has 0 atom stereocenters. The van der Waals surface area contributed by atoms with Crippen LogP contribution < -0.4 is 0 Å². The monoisotopic (exact) mass is 382 g/mol. The summed E-state index contributed by atoms with van der Waals surface area (Å²) in [5, 5.41) is 0. The predicted octanol–water partition coefficient (Wildman–Crippen LogP) is 6.55. The molecule has 3 rings (SSSR count). The van der Waals surface area contributed by atoms with Gasteiger partial charge in [-0.2, -0.15) is 0 Å². The van der Waals surface area contributed by atoms with Gasteiger partial charge in [0.15, 0.2) is 5.82 Å². The van der Waals surface area contributed by atoms with Crippen LogP contribution in [0.25, 0.3) is 22.4 Å². The van der Waals surface area contributed by atoms with Crippen molar-refractivity contribution in [2.45, 2.75) is 20.3 Å². The number of benzene rings is 1.